The Kier molecular flexibility index (Phi) is 2.07. The number of aromatic nitrogens is 2. The third-order valence-electron chi connectivity index (χ3n) is 2.22. The maximum atomic E-state index is 4.44. The molecular formula is C11H14N2S. The minimum Gasteiger partial charge on any atom is -0.243 e. The molecule has 0 unspecified atom stereocenters. The van der Waals surface area contributed by atoms with Crippen molar-refractivity contribution in [3.8, 4) is 0 Å². The van der Waals surface area contributed by atoms with Gasteiger partial charge in [-0.15, -0.1) is 0 Å². The summed E-state index contributed by atoms with van der Waals surface area (Å²) in [7, 11) is 0. The van der Waals surface area contributed by atoms with Gasteiger partial charge < -0.3 is 0 Å². The number of pyridine rings is 1. The normalized spacial score (nSPS) is 12.3. The Bertz CT molecular complexity index is 466. The van der Waals surface area contributed by atoms with Gasteiger partial charge in [0.2, 0.25) is 0 Å². The van der Waals surface area contributed by atoms with Crippen LogP contribution >= 0.6 is 11.3 Å². The van der Waals surface area contributed by atoms with Crippen molar-refractivity contribution in [3.05, 3.63) is 22.8 Å². The van der Waals surface area contributed by atoms with Crippen molar-refractivity contribution in [2.45, 2.75) is 33.1 Å². The van der Waals surface area contributed by atoms with Crippen LogP contribution in [0.4, 0.5) is 0 Å². The molecular weight excluding hydrogens is 192 g/mol. The maximum absolute atomic E-state index is 4.44. The largest absolute Gasteiger partial charge is 0.243 e. The van der Waals surface area contributed by atoms with Gasteiger partial charge in [0, 0.05) is 6.20 Å². The van der Waals surface area contributed by atoms with Crippen LogP contribution in [-0.2, 0) is 5.41 Å². The topological polar surface area (TPSA) is 25.8 Å². The lowest BCUT2D eigenvalue weighted by Crippen LogP contribution is -2.11. The van der Waals surface area contributed by atoms with Crippen LogP contribution in [0.1, 0.15) is 31.3 Å². The summed E-state index contributed by atoms with van der Waals surface area (Å²) in [5.74, 6) is 0. The molecule has 0 atom stereocenters. The third kappa shape index (κ3) is 1.64. The predicted octanol–water partition coefficient (Wildman–Crippen LogP) is 3.30. The smallest absolute Gasteiger partial charge is 0.143 e. The van der Waals surface area contributed by atoms with E-state index in [-0.39, 0.29) is 5.41 Å². The second-order valence-corrected chi connectivity index (χ2v) is 5.71. The van der Waals surface area contributed by atoms with Crippen molar-refractivity contribution in [3.63, 3.8) is 0 Å². The highest BCUT2D eigenvalue weighted by atomic mass is 32.1. The Morgan fingerprint density at radius 3 is 2.64 bits per heavy atom. The highest BCUT2D eigenvalue weighted by molar-refractivity contribution is 7.18. The summed E-state index contributed by atoms with van der Waals surface area (Å²) in [4.78, 5) is 9.91. The van der Waals surface area contributed by atoms with Crippen molar-refractivity contribution in [2.24, 2.45) is 0 Å². The molecule has 74 valence electrons. The standard InChI is InChI=1S/C11H14N2S/c1-7-13-9-5-8(11(2,3)4)6-12-10(9)14-7/h5-6H,1-4H3. The number of thiazole rings is 1. The lowest BCUT2D eigenvalue weighted by atomic mass is 9.88. The molecule has 0 N–H and O–H groups in total. The highest BCUT2D eigenvalue weighted by Gasteiger charge is 2.15. The van der Waals surface area contributed by atoms with E-state index in [9.17, 15) is 0 Å². The molecule has 2 aromatic heterocycles. The molecule has 14 heavy (non-hydrogen) atoms. The molecule has 2 nitrogen and oxygen atoms in total. The van der Waals surface area contributed by atoms with Crippen LogP contribution in [0.3, 0.4) is 0 Å². The van der Waals surface area contributed by atoms with Gasteiger partial charge in [-0.05, 0) is 24.0 Å². The second-order valence-electron chi connectivity index (χ2n) is 4.53. The van der Waals surface area contributed by atoms with Gasteiger partial charge in [-0.1, -0.05) is 32.1 Å². The van der Waals surface area contributed by atoms with Crippen molar-refractivity contribution in [1.82, 2.24) is 9.97 Å². The van der Waals surface area contributed by atoms with Crippen LogP contribution < -0.4 is 0 Å². The van der Waals surface area contributed by atoms with Crippen molar-refractivity contribution < 1.29 is 0 Å². The summed E-state index contributed by atoms with van der Waals surface area (Å²) in [6, 6.07) is 2.14. The average molecular weight is 206 g/mol. The van der Waals surface area contributed by atoms with Gasteiger partial charge in [-0.25, -0.2) is 9.97 Å². The zero-order valence-electron chi connectivity index (χ0n) is 8.96. The lowest BCUT2D eigenvalue weighted by Gasteiger charge is -2.17. The summed E-state index contributed by atoms with van der Waals surface area (Å²) in [6.07, 6.45) is 1.96. The summed E-state index contributed by atoms with van der Waals surface area (Å²) >= 11 is 1.65. The van der Waals surface area contributed by atoms with Crippen LogP contribution in [-0.4, -0.2) is 9.97 Å². The maximum Gasteiger partial charge on any atom is 0.143 e. The second kappa shape index (κ2) is 3.02. The van der Waals surface area contributed by atoms with Gasteiger partial charge in [0.05, 0.1) is 5.01 Å². The van der Waals surface area contributed by atoms with Gasteiger partial charge in [0.15, 0.2) is 0 Å². The summed E-state index contributed by atoms with van der Waals surface area (Å²) in [6.45, 7) is 8.59. The van der Waals surface area contributed by atoms with Gasteiger partial charge in [0.1, 0.15) is 10.3 Å². The van der Waals surface area contributed by atoms with Gasteiger partial charge >= 0.3 is 0 Å². The predicted molar refractivity (Wildman–Crippen MR) is 60.9 cm³/mol. The van der Waals surface area contributed by atoms with E-state index in [1.54, 1.807) is 11.3 Å². The third-order valence-corrected chi connectivity index (χ3v) is 3.12. The average Bonchev–Trinajstić information content (AvgIpc) is 2.41. The molecule has 2 heterocycles. The zero-order valence-corrected chi connectivity index (χ0v) is 9.77. The van der Waals surface area contributed by atoms with E-state index in [2.05, 4.69) is 36.8 Å². The fourth-order valence-electron chi connectivity index (χ4n) is 1.34. The minimum atomic E-state index is 0.151. The molecule has 2 rings (SSSR count). The monoisotopic (exact) mass is 206 g/mol. The molecule has 0 aliphatic carbocycles. The lowest BCUT2D eigenvalue weighted by molar-refractivity contribution is 0.588. The van der Waals surface area contributed by atoms with Gasteiger partial charge in [0.25, 0.3) is 0 Å². The molecule has 2 aromatic rings. The fraction of sp³-hybridized carbons (Fsp3) is 0.455. The van der Waals surface area contributed by atoms with Crippen LogP contribution in [0.2, 0.25) is 0 Å². The van der Waals surface area contributed by atoms with Crippen LogP contribution in [0.5, 0.6) is 0 Å². The summed E-state index contributed by atoms with van der Waals surface area (Å²) < 4.78 is 0. The highest BCUT2D eigenvalue weighted by Crippen LogP contribution is 2.26. The molecule has 0 radical (unpaired) electrons. The van der Waals surface area contributed by atoms with Crippen LogP contribution in [0.25, 0.3) is 10.3 Å². The number of hydrogen-bond donors (Lipinski definition) is 0. The van der Waals surface area contributed by atoms with E-state index < -0.39 is 0 Å². The number of fused-ring (bicyclic) bond motifs is 1. The Labute approximate surface area is 88.0 Å². The van der Waals surface area contributed by atoms with E-state index in [4.69, 9.17) is 0 Å². The molecule has 3 heteroatoms. The van der Waals surface area contributed by atoms with Crippen molar-refractivity contribution >= 4 is 21.7 Å². The SMILES string of the molecule is Cc1nc2cc(C(C)(C)C)cnc2s1. The van der Waals surface area contributed by atoms with Crippen molar-refractivity contribution in [1.29, 1.82) is 0 Å². The first-order chi connectivity index (χ1) is 6.47. The molecule has 0 aliphatic rings. The van der Waals surface area contributed by atoms with Crippen molar-refractivity contribution in [2.75, 3.05) is 0 Å². The molecule has 0 amide bonds. The van der Waals surface area contributed by atoms with E-state index in [0.29, 0.717) is 0 Å². The first-order valence-electron chi connectivity index (χ1n) is 4.70. The van der Waals surface area contributed by atoms with E-state index in [1.165, 1.54) is 5.56 Å². The Morgan fingerprint density at radius 2 is 2.00 bits per heavy atom. The molecule has 0 spiro atoms. The Hall–Kier alpha value is -0.960. The molecule has 0 fully saturated rings. The quantitative estimate of drug-likeness (QED) is 0.661. The number of hydrogen-bond acceptors (Lipinski definition) is 3. The summed E-state index contributed by atoms with van der Waals surface area (Å²) in [5.41, 5.74) is 2.42. The van der Waals surface area contributed by atoms with Gasteiger partial charge in [-0.2, -0.15) is 0 Å². The number of nitrogens with zero attached hydrogens (tertiary/aromatic N) is 2. The molecule has 0 aromatic carbocycles. The van der Waals surface area contributed by atoms with Gasteiger partial charge in [-0.3, -0.25) is 0 Å². The summed E-state index contributed by atoms with van der Waals surface area (Å²) in [5, 5.41) is 1.08. The number of rotatable bonds is 0. The molecule has 0 bridgehead atoms. The Morgan fingerprint density at radius 1 is 1.29 bits per heavy atom. The Balaban J connectivity index is 2.62. The first kappa shape index (κ1) is 9.59. The van der Waals surface area contributed by atoms with Crippen LogP contribution in [0, 0.1) is 6.92 Å². The van der Waals surface area contributed by atoms with E-state index in [0.717, 1.165) is 15.4 Å². The van der Waals surface area contributed by atoms with Crippen LogP contribution in [0.15, 0.2) is 12.3 Å². The zero-order chi connectivity index (χ0) is 10.3. The molecule has 0 aliphatic heterocycles. The first-order valence-corrected chi connectivity index (χ1v) is 5.52. The molecule has 0 saturated heterocycles. The fourth-order valence-corrected chi connectivity index (χ4v) is 2.08. The molecule has 0 saturated carbocycles. The minimum absolute atomic E-state index is 0.151. The number of aryl methyl sites for hydroxylation is 1. The van der Waals surface area contributed by atoms with E-state index in [1.807, 2.05) is 13.1 Å². The van der Waals surface area contributed by atoms with E-state index >= 15 is 0 Å².